The summed E-state index contributed by atoms with van der Waals surface area (Å²) >= 11 is 5.71. The van der Waals surface area contributed by atoms with Crippen LogP contribution in [0.1, 0.15) is 0 Å². The fraction of sp³-hybridized carbons (Fsp3) is 0.429. The summed E-state index contributed by atoms with van der Waals surface area (Å²) in [6.07, 6.45) is 0. The van der Waals surface area contributed by atoms with Gasteiger partial charge in [-0.05, 0) is 12.1 Å². The molecule has 1 saturated heterocycles. The summed E-state index contributed by atoms with van der Waals surface area (Å²) in [4.78, 5) is 38.0. The van der Waals surface area contributed by atoms with E-state index in [9.17, 15) is 19.7 Å². The molecule has 130 valence electrons. The summed E-state index contributed by atoms with van der Waals surface area (Å²) in [6.45, 7) is 3.48. The highest BCUT2D eigenvalue weighted by Gasteiger charge is 2.26. The molecule has 24 heavy (non-hydrogen) atoms. The molecule has 0 aliphatic carbocycles. The third-order valence-electron chi connectivity index (χ3n) is 3.70. The number of nitro groups is 1. The molecule has 0 aromatic heterocycles. The number of rotatable bonds is 4. The zero-order valence-electron chi connectivity index (χ0n) is 12.9. The summed E-state index contributed by atoms with van der Waals surface area (Å²) in [5, 5.41) is 13.2. The molecule has 0 atom stereocenters. The Balaban J connectivity index is 1.96. The molecule has 2 rings (SSSR count). The van der Waals surface area contributed by atoms with Gasteiger partial charge in [-0.15, -0.1) is 0 Å². The van der Waals surface area contributed by atoms with Crippen molar-refractivity contribution in [2.24, 2.45) is 5.73 Å². The van der Waals surface area contributed by atoms with Gasteiger partial charge in [0.15, 0.2) is 0 Å². The lowest BCUT2D eigenvalue weighted by Crippen LogP contribution is -2.52. The number of carbonyl (C=O) groups is 2. The second-order valence-corrected chi connectivity index (χ2v) is 5.71. The van der Waals surface area contributed by atoms with Gasteiger partial charge >= 0.3 is 11.8 Å². The van der Waals surface area contributed by atoms with Crippen molar-refractivity contribution in [3.05, 3.63) is 33.3 Å². The molecule has 1 aromatic carbocycles. The van der Waals surface area contributed by atoms with Gasteiger partial charge in [-0.2, -0.15) is 0 Å². The van der Waals surface area contributed by atoms with Crippen LogP contribution < -0.4 is 11.1 Å². The number of carbonyl (C=O) groups excluding carboxylic acids is 2. The Kier molecular flexibility index (Phi) is 6.07. The average Bonchev–Trinajstić information content (AvgIpc) is 2.56. The van der Waals surface area contributed by atoms with Gasteiger partial charge in [0.25, 0.3) is 5.69 Å². The van der Waals surface area contributed by atoms with Gasteiger partial charge in [0.1, 0.15) is 5.02 Å². The van der Waals surface area contributed by atoms with Gasteiger partial charge in [-0.3, -0.25) is 24.6 Å². The van der Waals surface area contributed by atoms with Gasteiger partial charge in [-0.1, -0.05) is 11.6 Å². The molecule has 1 aliphatic heterocycles. The Morgan fingerprint density at radius 3 is 2.54 bits per heavy atom. The molecule has 0 bridgehead atoms. The molecule has 1 aromatic rings. The molecule has 0 spiro atoms. The van der Waals surface area contributed by atoms with E-state index in [1.165, 1.54) is 17.0 Å². The van der Waals surface area contributed by atoms with E-state index in [2.05, 4.69) is 10.2 Å². The second-order valence-electron chi connectivity index (χ2n) is 5.30. The van der Waals surface area contributed by atoms with E-state index < -0.39 is 16.7 Å². The van der Waals surface area contributed by atoms with Crippen LogP contribution >= 0.6 is 11.6 Å². The number of hydrogen-bond donors (Lipinski definition) is 2. The van der Waals surface area contributed by atoms with Crippen molar-refractivity contribution in [2.75, 3.05) is 44.6 Å². The molecule has 0 saturated carbocycles. The molecule has 9 nitrogen and oxygen atoms in total. The van der Waals surface area contributed by atoms with Crippen molar-refractivity contribution < 1.29 is 14.5 Å². The highest BCUT2D eigenvalue weighted by atomic mass is 35.5. The Hall–Kier alpha value is -2.23. The Morgan fingerprint density at radius 2 is 1.96 bits per heavy atom. The summed E-state index contributed by atoms with van der Waals surface area (Å²) in [5.41, 5.74) is 5.30. The minimum Gasteiger partial charge on any atom is -0.332 e. The number of nitrogens with zero attached hydrogens (tertiary/aromatic N) is 3. The maximum atomic E-state index is 12.2. The summed E-state index contributed by atoms with van der Waals surface area (Å²) in [5.74, 6) is -1.50. The predicted molar refractivity (Wildman–Crippen MR) is 88.8 cm³/mol. The van der Waals surface area contributed by atoms with Crippen LogP contribution in [0.3, 0.4) is 0 Å². The van der Waals surface area contributed by atoms with Crippen LogP contribution in [0.15, 0.2) is 18.2 Å². The fourth-order valence-corrected chi connectivity index (χ4v) is 2.60. The van der Waals surface area contributed by atoms with E-state index in [0.717, 1.165) is 12.6 Å². The molecular weight excluding hydrogens is 338 g/mol. The number of nitrogens with two attached hydrogens (primary N) is 1. The minimum atomic E-state index is -0.834. The number of piperazine rings is 1. The Morgan fingerprint density at radius 1 is 1.29 bits per heavy atom. The second kappa shape index (κ2) is 8.04. The number of nitrogens with one attached hydrogen (secondary N) is 1. The van der Waals surface area contributed by atoms with Gasteiger partial charge in [0, 0.05) is 51.0 Å². The quantitative estimate of drug-likeness (QED) is 0.455. The van der Waals surface area contributed by atoms with Crippen LogP contribution in [0.25, 0.3) is 0 Å². The van der Waals surface area contributed by atoms with Crippen molar-refractivity contribution >= 4 is 34.8 Å². The van der Waals surface area contributed by atoms with Crippen LogP contribution in [0, 0.1) is 10.1 Å². The van der Waals surface area contributed by atoms with Crippen LogP contribution in [0.2, 0.25) is 5.02 Å². The highest BCUT2D eigenvalue weighted by Crippen LogP contribution is 2.27. The van der Waals surface area contributed by atoms with E-state index in [4.69, 9.17) is 17.3 Å². The normalized spacial score (nSPS) is 15.2. The summed E-state index contributed by atoms with van der Waals surface area (Å²) in [6, 6.07) is 3.82. The Labute approximate surface area is 143 Å². The van der Waals surface area contributed by atoms with Gasteiger partial charge in [0.05, 0.1) is 4.92 Å². The minimum absolute atomic E-state index is 0.0413. The van der Waals surface area contributed by atoms with E-state index in [-0.39, 0.29) is 16.4 Å². The topological polar surface area (TPSA) is 122 Å². The zero-order valence-corrected chi connectivity index (χ0v) is 13.7. The molecule has 0 unspecified atom stereocenters. The van der Waals surface area contributed by atoms with E-state index in [1.807, 2.05) is 0 Å². The van der Waals surface area contributed by atoms with Crippen LogP contribution in [-0.4, -0.2) is 65.8 Å². The van der Waals surface area contributed by atoms with Crippen molar-refractivity contribution in [3.63, 3.8) is 0 Å². The first-order chi connectivity index (χ1) is 11.4. The molecular formula is C14H18ClN5O4. The number of amides is 2. The first kappa shape index (κ1) is 18.1. The van der Waals surface area contributed by atoms with E-state index >= 15 is 0 Å². The predicted octanol–water partition coefficient (Wildman–Crippen LogP) is 0.290. The maximum Gasteiger partial charge on any atom is 0.313 e. The number of nitro benzene ring substituents is 1. The lowest BCUT2D eigenvalue weighted by molar-refractivity contribution is -0.384. The SMILES string of the molecule is NCCN1CCN(C(=O)C(=O)Nc2ccc(Cl)c([N+](=O)[O-])c2)CC1. The Bertz CT molecular complexity index is 646. The van der Waals surface area contributed by atoms with Gasteiger partial charge < -0.3 is 16.0 Å². The largest absolute Gasteiger partial charge is 0.332 e. The number of benzene rings is 1. The zero-order chi connectivity index (χ0) is 17.7. The number of anilines is 1. The number of halogens is 1. The van der Waals surface area contributed by atoms with Gasteiger partial charge in [-0.25, -0.2) is 0 Å². The van der Waals surface area contributed by atoms with Crippen molar-refractivity contribution in [1.29, 1.82) is 0 Å². The summed E-state index contributed by atoms with van der Waals surface area (Å²) < 4.78 is 0. The first-order valence-corrected chi connectivity index (χ1v) is 7.76. The standard InChI is InChI=1S/C14H18ClN5O4/c15-11-2-1-10(9-12(11)20(23)24)17-13(21)14(22)19-7-5-18(4-3-16)6-8-19/h1-2,9H,3-8,16H2,(H,17,21). The monoisotopic (exact) mass is 355 g/mol. The average molecular weight is 356 g/mol. The fourth-order valence-electron chi connectivity index (χ4n) is 2.42. The van der Waals surface area contributed by atoms with E-state index in [0.29, 0.717) is 32.7 Å². The van der Waals surface area contributed by atoms with Gasteiger partial charge in [0.2, 0.25) is 0 Å². The third-order valence-corrected chi connectivity index (χ3v) is 4.02. The van der Waals surface area contributed by atoms with Crippen LogP contribution in [-0.2, 0) is 9.59 Å². The number of hydrogen-bond acceptors (Lipinski definition) is 6. The molecule has 1 heterocycles. The smallest absolute Gasteiger partial charge is 0.313 e. The molecule has 1 fully saturated rings. The lowest BCUT2D eigenvalue weighted by Gasteiger charge is -2.34. The molecule has 3 N–H and O–H groups in total. The first-order valence-electron chi connectivity index (χ1n) is 7.39. The van der Waals surface area contributed by atoms with Crippen molar-refractivity contribution in [2.45, 2.75) is 0 Å². The van der Waals surface area contributed by atoms with Crippen molar-refractivity contribution in [1.82, 2.24) is 9.80 Å². The van der Waals surface area contributed by atoms with E-state index in [1.54, 1.807) is 0 Å². The van der Waals surface area contributed by atoms with Crippen molar-refractivity contribution in [3.8, 4) is 0 Å². The summed E-state index contributed by atoms with van der Waals surface area (Å²) in [7, 11) is 0. The third kappa shape index (κ3) is 4.40. The molecule has 1 aliphatic rings. The molecule has 0 radical (unpaired) electrons. The molecule has 2 amide bonds. The molecule has 10 heteroatoms. The maximum absolute atomic E-state index is 12.2. The van der Waals surface area contributed by atoms with Crippen LogP contribution in [0.4, 0.5) is 11.4 Å². The van der Waals surface area contributed by atoms with Crippen LogP contribution in [0.5, 0.6) is 0 Å². The lowest BCUT2D eigenvalue weighted by atomic mass is 10.2. The highest BCUT2D eigenvalue weighted by molar-refractivity contribution is 6.39.